The van der Waals surface area contributed by atoms with E-state index in [1.54, 1.807) is 0 Å². The van der Waals surface area contributed by atoms with E-state index < -0.39 is 0 Å². The van der Waals surface area contributed by atoms with E-state index in [2.05, 4.69) is 36.0 Å². The number of pyridine rings is 1. The van der Waals surface area contributed by atoms with E-state index in [-0.39, 0.29) is 6.04 Å². The molecule has 1 rings (SSSR count). The summed E-state index contributed by atoms with van der Waals surface area (Å²) < 4.78 is 0. The maximum absolute atomic E-state index is 5.73. The second kappa shape index (κ2) is 5.71. The summed E-state index contributed by atoms with van der Waals surface area (Å²) in [5, 5.41) is 0. The normalized spacial score (nSPS) is 12.5. The number of aromatic nitrogens is 1. The summed E-state index contributed by atoms with van der Waals surface area (Å²) in [7, 11) is 2.07. The molecule has 1 aromatic heterocycles. The summed E-state index contributed by atoms with van der Waals surface area (Å²) in [6.07, 6.45) is 3.95. The molecule has 0 radical (unpaired) electrons. The van der Waals surface area contributed by atoms with Gasteiger partial charge in [0.1, 0.15) is 5.82 Å². The van der Waals surface area contributed by atoms with Crippen molar-refractivity contribution in [1.82, 2.24) is 4.98 Å². The van der Waals surface area contributed by atoms with Crippen molar-refractivity contribution in [3.8, 4) is 0 Å². The SMILES string of the molecule is CCCN(C)c1ccc(CC(C)N)cn1. The quantitative estimate of drug-likeness (QED) is 0.800. The third-order valence-electron chi connectivity index (χ3n) is 2.32. The molecule has 0 aromatic carbocycles. The second-order valence-corrected chi connectivity index (χ2v) is 4.13. The molecule has 3 heteroatoms. The Labute approximate surface area is 92.3 Å². The molecule has 0 spiro atoms. The molecule has 0 bridgehead atoms. The van der Waals surface area contributed by atoms with Crippen LogP contribution in [0.4, 0.5) is 5.82 Å². The largest absolute Gasteiger partial charge is 0.360 e. The Morgan fingerprint density at radius 1 is 1.47 bits per heavy atom. The molecule has 0 fully saturated rings. The summed E-state index contributed by atoms with van der Waals surface area (Å²) in [4.78, 5) is 6.58. The molecule has 84 valence electrons. The number of hydrogen-bond acceptors (Lipinski definition) is 3. The van der Waals surface area contributed by atoms with Crippen molar-refractivity contribution >= 4 is 5.82 Å². The van der Waals surface area contributed by atoms with E-state index in [1.165, 1.54) is 5.56 Å². The molecule has 3 nitrogen and oxygen atoms in total. The number of nitrogens with zero attached hydrogens (tertiary/aromatic N) is 2. The van der Waals surface area contributed by atoms with Crippen LogP contribution in [0.25, 0.3) is 0 Å². The van der Waals surface area contributed by atoms with Gasteiger partial charge in [0, 0.05) is 25.8 Å². The Hall–Kier alpha value is -1.09. The Kier molecular flexibility index (Phi) is 4.56. The topological polar surface area (TPSA) is 42.1 Å². The lowest BCUT2D eigenvalue weighted by Gasteiger charge is -2.17. The molecule has 0 aliphatic heterocycles. The Bertz CT molecular complexity index is 279. The fourth-order valence-electron chi connectivity index (χ4n) is 1.58. The summed E-state index contributed by atoms with van der Waals surface area (Å²) in [5.74, 6) is 1.03. The van der Waals surface area contributed by atoms with E-state index in [0.29, 0.717) is 0 Å². The zero-order chi connectivity index (χ0) is 11.3. The van der Waals surface area contributed by atoms with Gasteiger partial charge in [0.2, 0.25) is 0 Å². The van der Waals surface area contributed by atoms with Crippen LogP contribution in [0.15, 0.2) is 18.3 Å². The minimum absolute atomic E-state index is 0.200. The predicted octanol–water partition coefficient (Wildman–Crippen LogP) is 1.82. The van der Waals surface area contributed by atoms with Crippen LogP contribution in [0.2, 0.25) is 0 Å². The summed E-state index contributed by atoms with van der Waals surface area (Å²) in [6.45, 7) is 5.22. The monoisotopic (exact) mass is 207 g/mol. The Morgan fingerprint density at radius 2 is 2.20 bits per heavy atom. The van der Waals surface area contributed by atoms with Crippen molar-refractivity contribution in [3.63, 3.8) is 0 Å². The zero-order valence-electron chi connectivity index (χ0n) is 9.90. The third kappa shape index (κ3) is 3.88. The highest BCUT2D eigenvalue weighted by atomic mass is 15.2. The molecule has 0 aliphatic rings. The fourth-order valence-corrected chi connectivity index (χ4v) is 1.58. The molecule has 15 heavy (non-hydrogen) atoms. The maximum Gasteiger partial charge on any atom is 0.128 e. The van der Waals surface area contributed by atoms with Gasteiger partial charge < -0.3 is 10.6 Å². The van der Waals surface area contributed by atoms with Crippen molar-refractivity contribution in [2.75, 3.05) is 18.5 Å². The number of anilines is 1. The van der Waals surface area contributed by atoms with Gasteiger partial charge in [-0.3, -0.25) is 0 Å². The van der Waals surface area contributed by atoms with E-state index in [1.807, 2.05) is 13.1 Å². The minimum Gasteiger partial charge on any atom is -0.360 e. The van der Waals surface area contributed by atoms with Crippen LogP contribution >= 0.6 is 0 Å². The first-order valence-electron chi connectivity index (χ1n) is 5.55. The van der Waals surface area contributed by atoms with Crippen molar-refractivity contribution in [2.45, 2.75) is 32.7 Å². The van der Waals surface area contributed by atoms with Crippen LogP contribution in [0, 0.1) is 0 Å². The summed E-state index contributed by atoms with van der Waals surface area (Å²) in [6, 6.07) is 4.37. The average Bonchev–Trinajstić information content (AvgIpc) is 2.18. The zero-order valence-corrected chi connectivity index (χ0v) is 9.90. The molecule has 0 amide bonds. The van der Waals surface area contributed by atoms with Gasteiger partial charge in [-0.2, -0.15) is 0 Å². The lowest BCUT2D eigenvalue weighted by molar-refractivity contribution is 0.734. The third-order valence-corrected chi connectivity index (χ3v) is 2.32. The highest BCUT2D eigenvalue weighted by Crippen LogP contribution is 2.10. The molecule has 1 unspecified atom stereocenters. The van der Waals surface area contributed by atoms with E-state index in [9.17, 15) is 0 Å². The van der Waals surface area contributed by atoms with Crippen molar-refractivity contribution in [2.24, 2.45) is 5.73 Å². The van der Waals surface area contributed by atoms with Gasteiger partial charge >= 0.3 is 0 Å². The van der Waals surface area contributed by atoms with Gasteiger partial charge in [0.25, 0.3) is 0 Å². The minimum atomic E-state index is 0.200. The summed E-state index contributed by atoms with van der Waals surface area (Å²) in [5.41, 5.74) is 6.94. The predicted molar refractivity (Wildman–Crippen MR) is 65.2 cm³/mol. The number of nitrogens with two attached hydrogens (primary N) is 1. The van der Waals surface area contributed by atoms with Crippen LogP contribution in [0.3, 0.4) is 0 Å². The highest BCUT2D eigenvalue weighted by Gasteiger charge is 2.02. The molecule has 1 atom stereocenters. The van der Waals surface area contributed by atoms with E-state index in [4.69, 9.17) is 5.73 Å². The van der Waals surface area contributed by atoms with Gasteiger partial charge in [-0.15, -0.1) is 0 Å². The van der Waals surface area contributed by atoms with Crippen LogP contribution in [-0.4, -0.2) is 24.6 Å². The fraction of sp³-hybridized carbons (Fsp3) is 0.583. The van der Waals surface area contributed by atoms with Gasteiger partial charge in [0.05, 0.1) is 0 Å². The summed E-state index contributed by atoms with van der Waals surface area (Å²) >= 11 is 0. The standard InChI is InChI=1S/C12H21N3/c1-4-7-15(3)12-6-5-11(9-14-12)8-10(2)13/h5-6,9-10H,4,7-8,13H2,1-3H3. The first kappa shape index (κ1) is 12.0. The molecule has 1 aromatic rings. The molecule has 1 heterocycles. The van der Waals surface area contributed by atoms with Gasteiger partial charge in [-0.05, 0) is 31.4 Å². The van der Waals surface area contributed by atoms with E-state index in [0.717, 1.165) is 25.2 Å². The molecule has 0 aliphatic carbocycles. The van der Waals surface area contributed by atoms with E-state index >= 15 is 0 Å². The lowest BCUT2D eigenvalue weighted by atomic mass is 10.1. The molecule has 0 saturated heterocycles. The van der Waals surface area contributed by atoms with Crippen LogP contribution < -0.4 is 10.6 Å². The molecule has 0 saturated carbocycles. The smallest absolute Gasteiger partial charge is 0.128 e. The molecular weight excluding hydrogens is 186 g/mol. The average molecular weight is 207 g/mol. The number of rotatable bonds is 5. The van der Waals surface area contributed by atoms with Crippen molar-refractivity contribution in [3.05, 3.63) is 23.9 Å². The first-order chi connectivity index (χ1) is 7.13. The van der Waals surface area contributed by atoms with Crippen LogP contribution in [-0.2, 0) is 6.42 Å². The van der Waals surface area contributed by atoms with Gasteiger partial charge in [0.15, 0.2) is 0 Å². The maximum atomic E-state index is 5.73. The van der Waals surface area contributed by atoms with Crippen molar-refractivity contribution < 1.29 is 0 Å². The number of hydrogen-bond donors (Lipinski definition) is 1. The highest BCUT2D eigenvalue weighted by molar-refractivity contribution is 5.38. The second-order valence-electron chi connectivity index (χ2n) is 4.13. The Balaban J connectivity index is 2.63. The lowest BCUT2D eigenvalue weighted by Crippen LogP contribution is -2.20. The first-order valence-corrected chi connectivity index (χ1v) is 5.55. The molecular formula is C12H21N3. The molecule has 2 N–H and O–H groups in total. The van der Waals surface area contributed by atoms with Crippen LogP contribution in [0.1, 0.15) is 25.8 Å². The van der Waals surface area contributed by atoms with Crippen molar-refractivity contribution in [1.29, 1.82) is 0 Å². The van der Waals surface area contributed by atoms with Gasteiger partial charge in [-0.25, -0.2) is 4.98 Å². The van der Waals surface area contributed by atoms with Crippen LogP contribution in [0.5, 0.6) is 0 Å². The van der Waals surface area contributed by atoms with Gasteiger partial charge in [-0.1, -0.05) is 13.0 Å². The Morgan fingerprint density at radius 3 is 2.67 bits per heavy atom.